The smallest absolute Gasteiger partial charge is 0.211 e. The summed E-state index contributed by atoms with van der Waals surface area (Å²) in [7, 11) is 0. The van der Waals surface area contributed by atoms with Crippen molar-refractivity contribution in [3.05, 3.63) is 40.7 Å². The number of halogens is 1. The van der Waals surface area contributed by atoms with Crippen molar-refractivity contribution in [2.75, 3.05) is 23.4 Å². The second kappa shape index (κ2) is 7.06. The molecule has 6 N–H and O–H groups in total. The second-order valence-corrected chi connectivity index (χ2v) is 5.52. The molecule has 1 unspecified atom stereocenters. The van der Waals surface area contributed by atoms with Crippen LogP contribution in [0.25, 0.3) is 0 Å². The van der Waals surface area contributed by atoms with Gasteiger partial charge in [0.2, 0.25) is 5.96 Å². The van der Waals surface area contributed by atoms with Gasteiger partial charge in [-0.3, -0.25) is 5.32 Å². The Hall–Kier alpha value is -4.05. The summed E-state index contributed by atoms with van der Waals surface area (Å²) in [5, 5.41) is 23.4. The molecule has 0 spiro atoms. The summed E-state index contributed by atoms with van der Waals surface area (Å²) in [5.74, 6) is 0.126. The molecule has 1 aliphatic rings. The average molecular weight is 366 g/mol. The Kier molecular flexibility index (Phi) is 4.64. The lowest BCUT2D eigenvalue weighted by Gasteiger charge is -2.27. The molecule has 0 amide bonds. The van der Waals surface area contributed by atoms with Gasteiger partial charge in [0.1, 0.15) is 40.9 Å². The third kappa shape index (κ3) is 3.12. The molecule has 0 fully saturated rings. The van der Waals surface area contributed by atoms with Gasteiger partial charge in [-0.2, -0.15) is 10.5 Å². The molecule has 2 heterocycles. The van der Waals surface area contributed by atoms with Crippen LogP contribution in [0.2, 0.25) is 0 Å². The van der Waals surface area contributed by atoms with Crippen molar-refractivity contribution in [3.8, 4) is 18.0 Å². The summed E-state index contributed by atoms with van der Waals surface area (Å²) < 4.78 is 19.5. The van der Waals surface area contributed by atoms with Gasteiger partial charge in [0, 0.05) is 11.1 Å². The molecule has 0 bridgehead atoms. The first-order valence-electron chi connectivity index (χ1n) is 7.91. The first-order chi connectivity index (χ1) is 13.0. The number of fused-ring (bicyclic) bond motifs is 1. The molecule has 1 atom stereocenters. The van der Waals surface area contributed by atoms with E-state index < -0.39 is 11.9 Å². The number of nitriles is 2. The number of benzene rings is 1. The van der Waals surface area contributed by atoms with E-state index in [0.29, 0.717) is 23.5 Å². The van der Waals surface area contributed by atoms with Crippen LogP contribution < -0.4 is 26.8 Å². The van der Waals surface area contributed by atoms with Gasteiger partial charge in [0.05, 0.1) is 12.3 Å². The maximum absolute atomic E-state index is 14.0. The molecule has 0 radical (unpaired) electrons. The second-order valence-electron chi connectivity index (χ2n) is 5.52. The number of aromatic nitrogens is 1. The molecule has 1 aromatic carbocycles. The van der Waals surface area contributed by atoms with Crippen LogP contribution in [-0.2, 0) is 0 Å². The van der Waals surface area contributed by atoms with E-state index in [1.165, 1.54) is 18.2 Å². The molecule has 0 saturated heterocycles. The number of anilines is 3. The third-order valence-electron chi connectivity index (χ3n) is 3.92. The molecule has 10 heteroatoms. The maximum atomic E-state index is 14.0. The minimum absolute atomic E-state index is 0.00167. The summed E-state index contributed by atoms with van der Waals surface area (Å²) in [6.45, 7) is 2.14. The third-order valence-corrected chi connectivity index (χ3v) is 3.92. The summed E-state index contributed by atoms with van der Waals surface area (Å²) in [4.78, 5) is 8.54. The van der Waals surface area contributed by atoms with E-state index in [1.807, 2.05) is 6.07 Å². The van der Waals surface area contributed by atoms with E-state index in [-0.39, 0.29) is 28.8 Å². The Labute approximate surface area is 154 Å². The predicted molar refractivity (Wildman–Crippen MR) is 97.0 cm³/mol. The van der Waals surface area contributed by atoms with Crippen LogP contribution in [0.4, 0.5) is 21.7 Å². The molecule has 136 valence electrons. The van der Waals surface area contributed by atoms with Gasteiger partial charge in [-0.05, 0) is 25.1 Å². The summed E-state index contributed by atoms with van der Waals surface area (Å²) in [6, 6.07) is 5.05. The Morgan fingerprint density at radius 3 is 2.81 bits per heavy atom. The van der Waals surface area contributed by atoms with Gasteiger partial charge in [0.15, 0.2) is 6.19 Å². The minimum atomic E-state index is -0.866. The molecular weight excluding hydrogens is 351 g/mol. The molecule has 2 aromatic rings. The quantitative estimate of drug-likeness (QED) is 0.471. The van der Waals surface area contributed by atoms with Crippen LogP contribution >= 0.6 is 0 Å². The number of aliphatic imine (C=N–C) groups is 1. The highest BCUT2D eigenvalue weighted by molar-refractivity contribution is 5.98. The fourth-order valence-corrected chi connectivity index (χ4v) is 2.83. The summed E-state index contributed by atoms with van der Waals surface area (Å²) >= 11 is 0. The van der Waals surface area contributed by atoms with Crippen molar-refractivity contribution in [1.29, 1.82) is 10.5 Å². The van der Waals surface area contributed by atoms with E-state index in [2.05, 4.69) is 20.6 Å². The molecule has 3 rings (SSSR count). The Morgan fingerprint density at radius 1 is 1.37 bits per heavy atom. The normalized spacial score (nSPS) is 14.8. The fourth-order valence-electron chi connectivity index (χ4n) is 2.83. The van der Waals surface area contributed by atoms with Gasteiger partial charge in [0.25, 0.3) is 0 Å². The number of nitrogens with one attached hydrogen (secondary N) is 2. The van der Waals surface area contributed by atoms with E-state index in [0.717, 1.165) is 0 Å². The zero-order valence-electron chi connectivity index (χ0n) is 14.2. The number of nitrogens with zero attached hydrogens (tertiary/aromatic N) is 4. The highest BCUT2D eigenvalue weighted by atomic mass is 19.1. The highest BCUT2D eigenvalue weighted by Crippen LogP contribution is 2.43. The summed E-state index contributed by atoms with van der Waals surface area (Å²) in [6.07, 6.45) is 1.75. The number of ether oxygens (including phenoxy) is 1. The number of guanidine groups is 1. The average Bonchev–Trinajstić information content (AvgIpc) is 2.63. The Morgan fingerprint density at radius 2 is 2.15 bits per heavy atom. The number of nitrogens with two attached hydrogens (primary N) is 2. The molecule has 1 aliphatic heterocycles. The van der Waals surface area contributed by atoms with Gasteiger partial charge in [-0.25, -0.2) is 14.4 Å². The van der Waals surface area contributed by atoms with E-state index >= 15 is 0 Å². The van der Waals surface area contributed by atoms with Crippen molar-refractivity contribution in [1.82, 2.24) is 10.3 Å². The van der Waals surface area contributed by atoms with Crippen molar-refractivity contribution < 1.29 is 9.13 Å². The van der Waals surface area contributed by atoms with Crippen LogP contribution in [0.5, 0.6) is 5.75 Å². The van der Waals surface area contributed by atoms with E-state index in [9.17, 15) is 9.65 Å². The Bertz CT molecular complexity index is 1020. The first kappa shape index (κ1) is 17.8. The number of hydrogen-bond donors (Lipinski definition) is 4. The fraction of sp³-hybridized carbons (Fsp3) is 0.176. The van der Waals surface area contributed by atoms with Crippen molar-refractivity contribution in [3.63, 3.8) is 0 Å². The number of rotatable bonds is 3. The Balaban J connectivity index is 2.29. The monoisotopic (exact) mass is 366 g/mol. The SMILES string of the molecule is CCOc1ccc(F)cc1C1N=C(NC#N)Nc2nc(N)c(C#N)c(N)c21. The zero-order chi connectivity index (χ0) is 19.6. The standard InChI is InChI=1S/C17H15FN8O/c1-2-27-11-4-3-8(18)5-9(11)14-12-13(21)10(6-19)15(22)25-16(12)26-17(24-14)23-7-20/h3-5,14H,2H2,1H3,(H6,21,22,23,24,25,26). The van der Waals surface area contributed by atoms with Crippen molar-refractivity contribution in [2.24, 2.45) is 4.99 Å². The minimum Gasteiger partial charge on any atom is -0.493 e. The first-order valence-corrected chi connectivity index (χ1v) is 7.91. The number of pyridine rings is 1. The van der Waals surface area contributed by atoms with Crippen LogP contribution in [0.3, 0.4) is 0 Å². The number of hydrogen-bond acceptors (Lipinski definition) is 9. The molecule has 0 aliphatic carbocycles. The van der Waals surface area contributed by atoms with Crippen LogP contribution in [-0.4, -0.2) is 17.6 Å². The predicted octanol–water partition coefficient (Wildman–Crippen LogP) is 1.60. The molecular formula is C17H15FN8O. The number of nitrogen functional groups attached to an aromatic ring is 2. The van der Waals surface area contributed by atoms with Crippen LogP contribution in [0.15, 0.2) is 23.2 Å². The largest absolute Gasteiger partial charge is 0.493 e. The highest BCUT2D eigenvalue weighted by Gasteiger charge is 2.31. The van der Waals surface area contributed by atoms with E-state index in [1.54, 1.807) is 13.1 Å². The van der Waals surface area contributed by atoms with Gasteiger partial charge in [-0.15, -0.1) is 0 Å². The van der Waals surface area contributed by atoms with E-state index in [4.69, 9.17) is 21.5 Å². The topological polar surface area (TPSA) is 158 Å². The van der Waals surface area contributed by atoms with Crippen molar-refractivity contribution in [2.45, 2.75) is 13.0 Å². The molecule has 1 aromatic heterocycles. The lowest BCUT2D eigenvalue weighted by atomic mass is 9.94. The molecule has 0 saturated carbocycles. The van der Waals surface area contributed by atoms with Gasteiger partial charge < -0.3 is 21.5 Å². The lowest BCUT2D eigenvalue weighted by Crippen LogP contribution is -2.33. The van der Waals surface area contributed by atoms with Crippen LogP contribution in [0, 0.1) is 28.6 Å². The van der Waals surface area contributed by atoms with Gasteiger partial charge in [-0.1, -0.05) is 0 Å². The maximum Gasteiger partial charge on any atom is 0.211 e. The molecule has 9 nitrogen and oxygen atoms in total. The van der Waals surface area contributed by atoms with Crippen LogP contribution in [0.1, 0.15) is 29.7 Å². The van der Waals surface area contributed by atoms with Crippen molar-refractivity contribution >= 4 is 23.3 Å². The lowest BCUT2D eigenvalue weighted by molar-refractivity contribution is 0.334. The zero-order valence-corrected chi connectivity index (χ0v) is 14.2. The summed E-state index contributed by atoms with van der Waals surface area (Å²) in [5.41, 5.74) is 12.7. The molecule has 27 heavy (non-hydrogen) atoms. The van der Waals surface area contributed by atoms with Gasteiger partial charge >= 0.3 is 0 Å².